The quantitative estimate of drug-likeness (QED) is 0.794. The Morgan fingerprint density at radius 2 is 2.10 bits per heavy atom. The normalized spacial score (nSPS) is 28.4. The third-order valence-electron chi connectivity index (χ3n) is 3.61. The smallest absolute Gasteiger partial charge is 0.408 e. The van der Waals surface area contributed by atoms with Crippen LogP contribution in [0.4, 0.5) is 4.79 Å². The van der Waals surface area contributed by atoms with Crippen molar-refractivity contribution in [2.75, 3.05) is 45.9 Å². The Balaban J connectivity index is 1.92. The second-order valence-electron chi connectivity index (χ2n) is 6.74. The Hall–Kier alpha value is -0.850. The van der Waals surface area contributed by atoms with E-state index in [1.54, 1.807) is 0 Å². The fraction of sp³-hybridized carbons (Fsp3) is 0.929. The summed E-state index contributed by atoms with van der Waals surface area (Å²) in [6.07, 6.45) is 0.494. The zero-order valence-electron chi connectivity index (χ0n) is 12.8. The maximum absolute atomic E-state index is 12.0. The van der Waals surface area contributed by atoms with E-state index in [4.69, 9.17) is 9.47 Å². The summed E-state index contributed by atoms with van der Waals surface area (Å²) in [4.78, 5) is 14.4. The second kappa shape index (κ2) is 6.28. The lowest BCUT2D eigenvalue weighted by Crippen LogP contribution is -2.59. The van der Waals surface area contributed by atoms with Crippen LogP contribution in [-0.4, -0.2) is 68.1 Å². The molecule has 2 N–H and O–H groups in total. The molecule has 0 aromatic carbocycles. The van der Waals surface area contributed by atoms with Crippen LogP contribution in [0.2, 0.25) is 0 Å². The summed E-state index contributed by atoms with van der Waals surface area (Å²) >= 11 is 0. The van der Waals surface area contributed by atoms with Crippen molar-refractivity contribution in [3.8, 4) is 0 Å². The van der Waals surface area contributed by atoms with Gasteiger partial charge in [-0.2, -0.15) is 0 Å². The molecule has 2 saturated heterocycles. The molecular formula is C14H27N3O3. The van der Waals surface area contributed by atoms with Crippen molar-refractivity contribution in [2.24, 2.45) is 0 Å². The van der Waals surface area contributed by atoms with Crippen molar-refractivity contribution in [1.82, 2.24) is 15.5 Å². The third kappa shape index (κ3) is 4.61. The molecule has 116 valence electrons. The van der Waals surface area contributed by atoms with Crippen LogP contribution in [0, 0.1) is 0 Å². The first-order valence-electron chi connectivity index (χ1n) is 7.41. The molecule has 2 aliphatic heterocycles. The van der Waals surface area contributed by atoms with Crippen LogP contribution in [0.1, 0.15) is 27.2 Å². The number of amides is 1. The standard InChI is InChI=1S/C14H27N3O3/c1-13(2,3)20-12(18)16-14(4-9-19-11-14)10-17-7-5-15-6-8-17/h15H,4-11H2,1-3H3,(H,16,18). The van der Waals surface area contributed by atoms with Gasteiger partial charge in [-0.05, 0) is 27.2 Å². The van der Waals surface area contributed by atoms with Gasteiger partial charge in [0.15, 0.2) is 0 Å². The number of nitrogens with zero attached hydrogens (tertiary/aromatic N) is 1. The summed E-state index contributed by atoms with van der Waals surface area (Å²) in [5.74, 6) is 0. The summed E-state index contributed by atoms with van der Waals surface area (Å²) in [6.45, 7) is 11.7. The van der Waals surface area contributed by atoms with Crippen LogP contribution in [0.3, 0.4) is 0 Å². The molecule has 2 fully saturated rings. The number of carbonyl (C=O) groups is 1. The van der Waals surface area contributed by atoms with Crippen molar-refractivity contribution in [1.29, 1.82) is 0 Å². The summed E-state index contributed by atoms with van der Waals surface area (Å²) in [7, 11) is 0. The number of hydrogen-bond acceptors (Lipinski definition) is 5. The summed E-state index contributed by atoms with van der Waals surface area (Å²) in [5, 5.41) is 6.39. The molecule has 1 atom stereocenters. The number of alkyl carbamates (subject to hydrolysis) is 1. The number of nitrogens with one attached hydrogen (secondary N) is 2. The molecule has 0 spiro atoms. The van der Waals surface area contributed by atoms with Crippen LogP contribution < -0.4 is 10.6 Å². The van der Waals surface area contributed by atoms with Gasteiger partial charge in [0.25, 0.3) is 0 Å². The molecule has 0 aliphatic carbocycles. The first-order valence-corrected chi connectivity index (χ1v) is 7.41. The molecule has 6 nitrogen and oxygen atoms in total. The minimum atomic E-state index is -0.472. The molecule has 0 saturated carbocycles. The van der Waals surface area contributed by atoms with Crippen LogP contribution in [-0.2, 0) is 9.47 Å². The molecule has 2 aliphatic rings. The number of carbonyl (C=O) groups excluding carboxylic acids is 1. The molecule has 0 bridgehead atoms. The zero-order valence-corrected chi connectivity index (χ0v) is 12.8. The van der Waals surface area contributed by atoms with E-state index in [0.717, 1.165) is 39.1 Å². The number of rotatable bonds is 3. The SMILES string of the molecule is CC(C)(C)OC(=O)NC1(CN2CCNCC2)CCOC1. The van der Waals surface area contributed by atoms with Gasteiger partial charge in [0.2, 0.25) is 0 Å². The number of ether oxygens (including phenoxy) is 2. The Kier molecular flexibility index (Phi) is 4.88. The van der Waals surface area contributed by atoms with Gasteiger partial charge in [-0.25, -0.2) is 4.79 Å². The van der Waals surface area contributed by atoms with E-state index in [2.05, 4.69) is 15.5 Å². The first kappa shape index (κ1) is 15.5. The molecule has 20 heavy (non-hydrogen) atoms. The first-order chi connectivity index (χ1) is 9.39. The van der Waals surface area contributed by atoms with Gasteiger partial charge in [0.05, 0.1) is 12.1 Å². The number of hydrogen-bond donors (Lipinski definition) is 2. The molecule has 2 rings (SSSR count). The van der Waals surface area contributed by atoms with Crippen molar-refractivity contribution >= 4 is 6.09 Å². The highest BCUT2D eigenvalue weighted by Gasteiger charge is 2.39. The van der Waals surface area contributed by atoms with Crippen LogP contribution in [0.25, 0.3) is 0 Å². The van der Waals surface area contributed by atoms with Gasteiger partial charge >= 0.3 is 6.09 Å². The summed E-state index contributed by atoms with van der Waals surface area (Å²) < 4.78 is 10.9. The third-order valence-corrected chi connectivity index (χ3v) is 3.61. The summed E-state index contributed by atoms with van der Waals surface area (Å²) in [5.41, 5.74) is -0.778. The minimum absolute atomic E-state index is 0.306. The monoisotopic (exact) mass is 285 g/mol. The zero-order chi connectivity index (χ0) is 14.6. The van der Waals surface area contributed by atoms with Gasteiger partial charge in [0, 0.05) is 39.3 Å². The lowest BCUT2D eigenvalue weighted by Gasteiger charge is -2.37. The predicted molar refractivity (Wildman–Crippen MR) is 76.8 cm³/mol. The molecule has 2 heterocycles. The van der Waals surface area contributed by atoms with Crippen molar-refractivity contribution < 1.29 is 14.3 Å². The second-order valence-corrected chi connectivity index (χ2v) is 6.74. The highest BCUT2D eigenvalue weighted by molar-refractivity contribution is 5.69. The van der Waals surface area contributed by atoms with E-state index in [1.165, 1.54) is 0 Å². The minimum Gasteiger partial charge on any atom is -0.444 e. The molecule has 1 amide bonds. The van der Waals surface area contributed by atoms with Gasteiger partial charge in [-0.1, -0.05) is 0 Å². The Labute approximate surface area is 121 Å². The topological polar surface area (TPSA) is 62.8 Å². The van der Waals surface area contributed by atoms with E-state index in [1.807, 2.05) is 20.8 Å². The maximum Gasteiger partial charge on any atom is 0.408 e. The van der Waals surface area contributed by atoms with E-state index < -0.39 is 5.60 Å². The molecule has 0 aromatic rings. The van der Waals surface area contributed by atoms with Gasteiger partial charge in [-0.15, -0.1) is 0 Å². The van der Waals surface area contributed by atoms with Crippen molar-refractivity contribution in [3.05, 3.63) is 0 Å². The van der Waals surface area contributed by atoms with Crippen molar-refractivity contribution in [2.45, 2.75) is 38.3 Å². The maximum atomic E-state index is 12.0. The Morgan fingerprint density at radius 1 is 1.40 bits per heavy atom. The fourth-order valence-electron chi connectivity index (χ4n) is 2.69. The van der Waals surface area contributed by atoms with E-state index >= 15 is 0 Å². The molecule has 0 radical (unpaired) electrons. The number of piperazine rings is 1. The predicted octanol–water partition coefficient (Wildman–Crippen LogP) is 0.575. The summed E-state index contributed by atoms with van der Waals surface area (Å²) in [6, 6.07) is 0. The van der Waals surface area contributed by atoms with Crippen LogP contribution in [0.5, 0.6) is 0 Å². The largest absolute Gasteiger partial charge is 0.444 e. The van der Waals surface area contributed by atoms with Crippen LogP contribution >= 0.6 is 0 Å². The van der Waals surface area contributed by atoms with E-state index in [0.29, 0.717) is 13.2 Å². The molecule has 6 heteroatoms. The molecule has 1 unspecified atom stereocenters. The lowest BCUT2D eigenvalue weighted by atomic mass is 9.97. The average molecular weight is 285 g/mol. The fourth-order valence-corrected chi connectivity index (χ4v) is 2.69. The van der Waals surface area contributed by atoms with E-state index in [-0.39, 0.29) is 11.6 Å². The Bertz CT molecular complexity index is 329. The molecular weight excluding hydrogens is 258 g/mol. The van der Waals surface area contributed by atoms with Gasteiger partial charge in [0.1, 0.15) is 5.60 Å². The van der Waals surface area contributed by atoms with Crippen molar-refractivity contribution in [3.63, 3.8) is 0 Å². The van der Waals surface area contributed by atoms with Gasteiger partial charge < -0.3 is 20.1 Å². The Morgan fingerprint density at radius 3 is 2.65 bits per heavy atom. The van der Waals surface area contributed by atoms with Crippen LogP contribution in [0.15, 0.2) is 0 Å². The molecule has 0 aromatic heterocycles. The highest BCUT2D eigenvalue weighted by Crippen LogP contribution is 2.21. The lowest BCUT2D eigenvalue weighted by molar-refractivity contribution is 0.0397. The highest BCUT2D eigenvalue weighted by atomic mass is 16.6. The van der Waals surface area contributed by atoms with Gasteiger partial charge in [-0.3, -0.25) is 4.90 Å². The average Bonchev–Trinajstić information content (AvgIpc) is 2.75. The van der Waals surface area contributed by atoms with E-state index in [9.17, 15) is 4.79 Å².